The molecule has 0 aromatic carbocycles. The van der Waals surface area contributed by atoms with Crippen molar-refractivity contribution in [2.75, 3.05) is 17.2 Å². The lowest BCUT2D eigenvalue weighted by Crippen LogP contribution is -2.40. The van der Waals surface area contributed by atoms with Gasteiger partial charge in [0.05, 0.1) is 0 Å². The molecule has 1 fully saturated rings. The van der Waals surface area contributed by atoms with Crippen molar-refractivity contribution in [3.63, 3.8) is 0 Å². The van der Waals surface area contributed by atoms with Gasteiger partial charge >= 0.3 is 0 Å². The molecule has 1 unspecified atom stereocenters. The number of pyridine rings is 1. The lowest BCUT2D eigenvalue weighted by molar-refractivity contribution is 0.432. The van der Waals surface area contributed by atoms with E-state index >= 15 is 0 Å². The van der Waals surface area contributed by atoms with Crippen LogP contribution in [-0.2, 0) is 0 Å². The third kappa shape index (κ3) is 2.71. The van der Waals surface area contributed by atoms with Crippen LogP contribution in [-0.4, -0.2) is 17.6 Å². The summed E-state index contributed by atoms with van der Waals surface area (Å²) in [6.07, 6.45) is 8.31. The molecule has 1 aliphatic heterocycles. The predicted molar refractivity (Wildman–Crippen MR) is 73.3 cm³/mol. The first-order valence-electron chi connectivity index (χ1n) is 6.71. The Morgan fingerprint density at radius 3 is 3.00 bits per heavy atom. The fourth-order valence-electron chi connectivity index (χ4n) is 2.62. The molecule has 0 radical (unpaired) electrons. The Bertz CT molecular complexity index is 374. The Labute approximate surface area is 104 Å². The quantitative estimate of drug-likeness (QED) is 0.872. The summed E-state index contributed by atoms with van der Waals surface area (Å²) in [7, 11) is 0. The Morgan fingerprint density at radius 2 is 2.29 bits per heavy atom. The SMILES string of the molecule is CCCC1CCCCN1c1cc(N)c(C)cn1. The van der Waals surface area contributed by atoms with Gasteiger partial charge in [0.1, 0.15) is 5.82 Å². The van der Waals surface area contributed by atoms with Gasteiger partial charge in [0, 0.05) is 30.5 Å². The second-order valence-corrected chi connectivity index (χ2v) is 5.03. The van der Waals surface area contributed by atoms with E-state index < -0.39 is 0 Å². The third-order valence-corrected chi connectivity index (χ3v) is 3.67. The van der Waals surface area contributed by atoms with Crippen molar-refractivity contribution in [1.82, 2.24) is 4.98 Å². The minimum atomic E-state index is 0.656. The highest BCUT2D eigenvalue weighted by molar-refractivity contribution is 5.55. The maximum absolute atomic E-state index is 5.98. The van der Waals surface area contributed by atoms with E-state index in [9.17, 15) is 0 Å². The molecule has 1 aliphatic rings. The van der Waals surface area contributed by atoms with E-state index in [2.05, 4.69) is 16.8 Å². The molecule has 2 N–H and O–H groups in total. The maximum atomic E-state index is 5.98. The van der Waals surface area contributed by atoms with Crippen LogP contribution in [0.25, 0.3) is 0 Å². The van der Waals surface area contributed by atoms with Gasteiger partial charge in [-0.25, -0.2) is 4.98 Å². The van der Waals surface area contributed by atoms with Crippen molar-refractivity contribution >= 4 is 11.5 Å². The highest BCUT2D eigenvalue weighted by Crippen LogP contribution is 2.27. The number of hydrogen-bond donors (Lipinski definition) is 1. The zero-order chi connectivity index (χ0) is 12.3. The van der Waals surface area contributed by atoms with Crippen LogP contribution in [0, 0.1) is 6.92 Å². The van der Waals surface area contributed by atoms with E-state index in [-0.39, 0.29) is 0 Å². The van der Waals surface area contributed by atoms with Crippen molar-refractivity contribution in [2.45, 2.75) is 52.0 Å². The molecule has 0 aliphatic carbocycles. The third-order valence-electron chi connectivity index (χ3n) is 3.67. The first-order chi connectivity index (χ1) is 8.22. The minimum absolute atomic E-state index is 0.656. The normalized spacial score (nSPS) is 20.6. The predicted octanol–water partition coefficient (Wildman–Crippen LogP) is 3.13. The summed E-state index contributed by atoms with van der Waals surface area (Å²) in [5.41, 5.74) is 7.90. The largest absolute Gasteiger partial charge is 0.398 e. The van der Waals surface area contributed by atoms with E-state index in [1.807, 2.05) is 19.2 Å². The van der Waals surface area contributed by atoms with Crippen molar-refractivity contribution in [1.29, 1.82) is 0 Å². The van der Waals surface area contributed by atoms with E-state index in [1.165, 1.54) is 32.1 Å². The Kier molecular flexibility index (Phi) is 3.87. The zero-order valence-corrected chi connectivity index (χ0v) is 10.9. The molecule has 17 heavy (non-hydrogen) atoms. The summed E-state index contributed by atoms with van der Waals surface area (Å²) in [6, 6.07) is 2.69. The number of anilines is 2. The van der Waals surface area contributed by atoms with E-state index in [4.69, 9.17) is 5.73 Å². The first kappa shape index (κ1) is 12.2. The monoisotopic (exact) mass is 233 g/mol. The van der Waals surface area contributed by atoms with Gasteiger partial charge in [-0.15, -0.1) is 0 Å². The average molecular weight is 233 g/mol. The van der Waals surface area contributed by atoms with Crippen LogP contribution in [0.3, 0.4) is 0 Å². The smallest absolute Gasteiger partial charge is 0.130 e. The van der Waals surface area contributed by atoms with Gasteiger partial charge in [-0.1, -0.05) is 13.3 Å². The van der Waals surface area contributed by atoms with Gasteiger partial charge in [-0.2, -0.15) is 0 Å². The Balaban J connectivity index is 2.20. The van der Waals surface area contributed by atoms with Gasteiger partial charge in [0.2, 0.25) is 0 Å². The summed E-state index contributed by atoms with van der Waals surface area (Å²) >= 11 is 0. The topological polar surface area (TPSA) is 42.1 Å². The van der Waals surface area contributed by atoms with Crippen molar-refractivity contribution in [3.05, 3.63) is 17.8 Å². The molecule has 2 heterocycles. The fraction of sp³-hybridized carbons (Fsp3) is 0.643. The standard InChI is InChI=1S/C14H23N3/c1-3-6-12-7-4-5-8-17(12)14-9-13(15)11(2)10-16-14/h9-10,12H,3-8H2,1-2H3,(H2,15,16). The summed E-state index contributed by atoms with van der Waals surface area (Å²) in [5.74, 6) is 1.06. The lowest BCUT2D eigenvalue weighted by atomic mass is 9.98. The van der Waals surface area contributed by atoms with Crippen LogP contribution >= 0.6 is 0 Å². The molecule has 2 rings (SSSR count). The molecule has 0 spiro atoms. The van der Waals surface area contributed by atoms with Gasteiger partial charge in [-0.3, -0.25) is 0 Å². The summed E-state index contributed by atoms with van der Waals surface area (Å²) in [6.45, 7) is 5.38. The number of aryl methyl sites for hydroxylation is 1. The molecule has 0 saturated carbocycles. The number of rotatable bonds is 3. The number of piperidine rings is 1. The van der Waals surface area contributed by atoms with Crippen LogP contribution in [0.5, 0.6) is 0 Å². The maximum Gasteiger partial charge on any atom is 0.130 e. The molecule has 3 nitrogen and oxygen atoms in total. The fourth-order valence-corrected chi connectivity index (χ4v) is 2.62. The van der Waals surface area contributed by atoms with Gasteiger partial charge in [-0.05, 0) is 38.2 Å². The Hall–Kier alpha value is -1.25. The van der Waals surface area contributed by atoms with Crippen LogP contribution in [0.15, 0.2) is 12.3 Å². The van der Waals surface area contributed by atoms with Gasteiger partial charge < -0.3 is 10.6 Å². The number of aromatic nitrogens is 1. The molecular weight excluding hydrogens is 210 g/mol. The van der Waals surface area contributed by atoms with Crippen molar-refractivity contribution < 1.29 is 0 Å². The molecule has 1 saturated heterocycles. The van der Waals surface area contributed by atoms with E-state index in [0.717, 1.165) is 23.6 Å². The van der Waals surface area contributed by atoms with Gasteiger partial charge in [0.25, 0.3) is 0 Å². The molecular formula is C14H23N3. The molecule has 3 heteroatoms. The first-order valence-corrected chi connectivity index (χ1v) is 6.71. The van der Waals surface area contributed by atoms with Gasteiger partial charge in [0.15, 0.2) is 0 Å². The molecule has 1 atom stereocenters. The molecule has 94 valence electrons. The minimum Gasteiger partial charge on any atom is -0.398 e. The molecule has 0 amide bonds. The Morgan fingerprint density at radius 1 is 1.47 bits per heavy atom. The summed E-state index contributed by atoms with van der Waals surface area (Å²) in [5, 5.41) is 0. The number of nitrogens with two attached hydrogens (primary N) is 1. The number of nitrogen functional groups attached to an aromatic ring is 1. The number of hydrogen-bond acceptors (Lipinski definition) is 3. The highest BCUT2D eigenvalue weighted by atomic mass is 15.2. The number of nitrogens with zero attached hydrogens (tertiary/aromatic N) is 2. The zero-order valence-electron chi connectivity index (χ0n) is 10.9. The second kappa shape index (κ2) is 5.39. The van der Waals surface area contributed by atoms with Crippen molar-refractivity contribution in [2.24, 2.45) is 0 Å². The van der Waals surface area contributed by atoms with Crippen LogP contribution < -0.4 is 10.6 Å². The lowest BCUT2D eigenvalue weighted by Gasteiger charge is -2.36. The summed E-state index contributed by atoms with van der Waals surface area (Å²) < 4.78 is 0. The second-order valence-electron chi connectivity index (χ2n) is 5.03. The molecule has 1 aromatic rings. The van der Waals surface area contributed by atoms with Crippen LogP contribution in [0.2, 0.25) is 0 Å². The van der Waals surface area contributed by atoms with Crippen molar-refractivity contribution in [3.8, 4) is 0 Å². The summed E-state index contributed by atoms with van der Waals surface area (Å²) in [4.78, 5) is 6.99. The molecule has 1 aromatic heterocycles. The highest BCUT2D eigenvalue weighted by Gasteiger charge is 2.22. The van der Waals surface area contributed by atoms with Crippen LogP contribution in [0.1, 0.15) is 44.6 Å². The van der Waals surface area contributed by atoms with Crippen LogP contribution in [0.4, 0.5) is 11.5 Å². The molecule has 0 bridgehead atoms. The van der Waals surface area contributed by atoms with E-state index in [0.29, 0.717) is 6.04 Å². The van der Waals surface area contributed by atoms with E-state index in [1.54, 1.807) is 0 Å². The average Bonchev–Trinajstić information content (AvgIpc) is 2.34.